The van der Waals surface area contributed by atoms with Crippen LogP contribution in [0.3, 0.4) is 0 Å². The Balaban J connectivity index is 1.31. The predicted molar refractivity (Wildman–Crippen MR) is 137 cm³/mol. The Bertz CT molecular complexity index is 1520. The maximum absolute atomic E-state index is 6.46. The van der Waals surface area contributed by atoms with E-state index >= 15 is 0 Å². The van der Waals surface area contributed by atoms with Gasteiger partial charge in [-0.25, -0.2) is 9.67 Å². The first kappa shape index (κ1) is 23.9. The van der Waals surface area contributed by atoms with Gasteiger partial charge in [0.1, 0.15) is 46.9 Å². The Hall–Kier alpha value is -3.15. The van der Waals surface area contributed by atoms with E-state index in [-0.39, 0.29) is 18.3 Å². The summed E-state index contributed by atoms with van der Waals surface area (Å²) in [5.74, 6) is -0.774. The average molecular weight is 519 g/mol. The summed E-state index contributed by atoms with van der Waals surface area (Å²) >= 11 is 0. The van der Waals surface area contributed by atoms with Crippen molar-refractivity contribution >= 4 is 21.9 Å². The smallest absolute Gasteiger partial charge is 0.190 e. The number of rotatable bonds is 4. The molecule has 0 spiro atoms. The summed E-state index contributed by atoms with van der Waals surface area (Å²) in [5, 5.41) is 10.1. The highest BCUT2D eigenvalue weighted by Gasteiger charge is 2.60. The molecule has 7 rings (SSSR count). The molecule has 3 aliphatic heterocycles. The van der Waals surface area contributed by atoms with Crippen molar-refractivity contribution in [3.05, 3.63) is 48.5 Å². The largest absolute Gasteiger partial charge is 0.497 e. The van der Waals surface area contributed by atoms with Crippen molar-refractivity contribution in [1.29, 1.82) is 0 Å². The van der Waals surface area contributed by atoms with Gasteiger partial charge in [0.05, 0.1) is 19.2 Å². The third-order valence-electron chi connectivity index (χ3n) is 7.32. The molecule has 0 radical (unpaired) electrons. The first-order valence-corrected chi connectivity index (χ1v) is 12.8. The Morgan fingerprint density at radius 3 is 2.37 bits per heavy atom. The molecule has 198 valence electrons. The summed E-state index contributed by atoms with van der Waals surface area (Å²) < 4.78 is 38.5. The van der Waals surface area contributed by atoms with Crippen LogP contribution in [0.1, 0.15) is 27.7 Å². The quantitative estimate of drug-likeness (QED) is 0.396. The molecule has 3 saturated heterocycles. The molecule has 10 heteroatoms. The number of ether oxygens (including phenoxy) is 6. The lowest BCUT2D eigenvalue weighted by atomic mass is 9.99. The second kappa shape index (κ2) is 8.42. The van der Waals surface area contributed by atoms with Crippen LogP contribution in [-0.4, -0.2) is 69.4 Å². The van der Waals surface area contributed by atoms with Crippen LogP contribution in [0.2, 0.25) is 0 Å². The zero-order chi connectivity index (χ0) is 26.2. The van der Waals surface area contributed by atoms with E-state index < -0.39 is 24.0 Å². The predicted octanol–water partition coefficient (Wildman–Crippen LogP) is 4.05. The van der Waals surface area contributed by atoms with E-state index in [9.17, 15) is 0 Å². The number of hydrogen-bond acceptors (Lipinski definition) is 9. The summed E-state index contributed by atoms with van der Waals surface area (Å²) in [6, 6.07) is 15.8. The zero-order valence-electron chi connectivity index (χ0n) is 22.0. The Morgan fingerprint density at radius 1 is 0.868 bits per heavy atom. The number of pyridine rings is 1. The van der Waals surface area contributed by atoms with Crippen LogP contribution in [0.4, 0.5) is 0 Å². The topological polar surface area (TPSA) is 99.0 Å². The molecule has 0 unspecified atom stereocenters. The van der Waals surface area contributed by atoms with Gasteiger partial charge in [0.15, 0.2) is 17.9 Å². The maximum Gasteiger partial charge on any atom is 0.190 e. The standard InChI is InChI=1S/C28H30N4O6/c1-27(2)35-23-19(34-26-25(24(23)36-27)37-28(3,4)38-26)14-32-22-17-8-6-7-9-18(17)29-20(21(22)30-31-32)15-10-12-16(33-5)13-11-15/h6-13,19,23-26H,14H2,1-5H3/t19-,23+,24+,25-,26-/m1/s1. The van der Waals surface area contributed by atoms with E-state index in [0.29, 0.717) is 12.1 Å². The van der Waals surface area contributed by atoms with Crippen LogP contribution in [0.5, 0.6) is 5.75 Å². The molecule has 5 heterocycles. The molecule has 0 amide bonds. The fourth-order valence-electron chi connectivity index (χ4n) is 5.77. The molecule has 2 aromatic heterocycles. The lowest BCUT2D eigenvalue weighted by molar-refractivity contribution is -0.236. The van der Waals surface area contributed by atoms with Crippen LogP contribution >= 0.6 is 0 Å². The van der Waals surface area contributed by atoms with E-state index in [2.05, 4.69) is 10.3 Å². The minimum atomic E-state index is -0.778. The van der Waals surface area contributed by atoms with Gasteiger partial charge in [-0.2, -0.15) is 0 Å². The maximum atomic E-state index is 6.46. The van der Waals surface area contributed by atoms with Crippen molar-refractivity contribution in [1.82, 2.24) is 20.0 Å². The third-order valence-corrected chi connectivity index (χ3v) is 7.32. The normalized spacial score (nSPS) is 29.4. The molecule has 0 aliphatic carbocycles. The van der Waals surface area contributed by atoms with Crippen molar-refractivity contribution < 1.29 is 28.4 Å². The molecular formula is C28H30N4O6. The zero-order valence-corrected chi connectivity index (χ0v) is 22.0. The summed E-state index contributed by atoms with van der Waals surface area (Å²) in [4.78, 5) is 4.95. The summed E-state index contributed by atoms with van der Waals surface area (Å²) in [6.07, 6.45) is -2.05. The van der Waals surface area contributed by atoms with Gasteiger partial charge >= 0.3 is 0 Å². The summed E-state index contributed by atoms with van der Waals surface area (Å²) in [7, 11) is 1.65. The number of nitrogens with zero attached hydrogens (tertiary/aromatic N) is 4. The van der Waals surface area contributed by atoms with Gasteiger partial charge in [-0.05, 0) is 58.0 Å². The fraction of sp³-hybridized carbons (Fsp3) is 0.464. The highest BCUT2D eigenvalue weighted by atomic mass is 16.9. The van der Waals surface area contributed by atoms with E-state index in [1.54, 1.807) is 7.11 Å². The lowest BCUT2D eigenvalue weighted by Gasteiger charge is -2.37. The molecule has 4 aromatic rings. The first-order chi connectivity index (χ1) is 18.2. The molecule has 0 bridgehead atoms. The number of aromatic nitrogens is 4. The molecule has 0 saturated carbocycles. The van der Waals surface area contributed by atoms with Gasteiger partial charge in [-0.15, -0.1) is 5.10 Å². The minimum absolute atomic E-state index is 0.335. The number of benzene rings is 2. The van der Waals surface area contributed by atoms with Crippen LogP contribution in [0.25, 0.3) is 33.2 Å². The van der Waals surface area contributed by atoms with Crippen molar-refractivity contribution in [2.45, 2.75) is 76.5 Å². The third kappa shape index (κ3) is 3.87. The molecule has 5 atom stereocenters. The van der Waals surface area contributed by atoms with Crippen LogP contribution in [0, 0.1) is 0 Å². The minimum Gasteiger partial charge on any atom is -0.497 e. The second-order valence-electron chi connectivity index (χ2n) is 10.9. The van der Waals surface area contributed by atoms with E-state index in [1.807, 2.05) is 80.9 Å². The van der Waals surface area contributed by atoms with Crippen LogP contribution < -0.4 is 4.74 Å². The number of para-hydroxylation sites is 1. The van der Waals surface area contributed by atoms with Gasteiger partial charge in [0.2, 0.25) is 0 Å². The highest BCUT2D eigenvalue weighted by Crippen LogP contribution is 2.44. The molecule has 2 aromatic carbocycles. The highest BCUT2D eigenvalue weighted by molar-refractivity contribution is 6.07. The van der Waals surface area contributed by atoms with Gasteiger partial charge in [-0.1, -0.05) is 23.4 Å². The molecule has 10 nitrogen and oxygen atoms in total. The first-order valence-electron chi connectivity index (χ1n) is 12.8. The SMILES string of the molecule is COc1ccc(-c2nc3ccccc3c3c2nnn3C[C@H]2O[C@@H]3OC(C)(C)O[C@@H]3[C@H]3OC(C)(C)O[C@H]32)cc1. The Labute approximate surface area is 219 Å². The summed E-state index contributed by atoms with van der Waals surface area (Å²) in [5.41, 5.74) is 4.13. The monoisotopic (exact) mass is 518 g/mol. The Kier molecular flexibility index (Phi) is 5.30. The van der Waals surface area contributed by atoms with E-state index in [0.717, 1.165) is 33.4 Å². The van der Waals surface area contributed by atoms with Gasteiger partial charge in [0, 0.05) is 10.9 Å². The van der Waals surface area contributed by atoms with Crippen LogP contribution in [-0.2, 0) is 30.2 Å². The van der Waals surface area contributed by atoms with E-state index in [4.69, 9.17) is 33.4 Å². The number of fused-ring (bicyclic) bond motifs is 6. The van der Waals surface area contributed by atoms with Crippen molar-refractivity contribution in [2.24, 2.45) is 0 Å². The van der Waals surface area contributed by atoms with E-state index in [1.165, 1.54) is 0 Å². The Morgan fingerprint density at radius 2 is 1.58 bits per heavy atom. The van der Waals surface area contributed by atoms with Gasteiger partial charge in [-0.3, -0.25) is 0 Å². The summed E-state index contributed by atoms with van der Waals surface area (Å²) in [6.45, 7) is 7.96. The lowest BCUT2D eigenvalue weighted by Crippen LogP contribution is -2.56. The second-order valence-corrected chi connectivity index (χ2v) is 10.9. The van der Waals surface area contributed by atoms with Crippen molar-refractivity contribution in [3.63, 3.8) is 0 Å². The van der Waals surface area contributed by atoms with Gasteiger partial charge in [0.25, 0.3) is 0 Å². The molecule has 0 N–H and O–H groups in total. The van der Waals surface area contributed by atoms with Gasteiger partial charge < -0.3 is 28.4 Å². The molecule has 3 aliphatic rings. The molecule has 38 heavy (non-hydrogen) atoms. The number of methoxy groups -OCH3 is 1. The van der Waals surface area contributed by atoms with Crippen LogP contribution in [0.15, 0.2) is 48.5 Å². The fourth-order valence-corrected chi connectivity index (χ4v) is 5.77. The molecular weight excluding hydrogens is 488 g/mol. The van der Waals surface area contributed by atoms with Crippen molar-refractivity contribution in [3.8, 4) is 17.0 Å². The average Bonchev–Trinajstić information content (AvgIpc) is 3.55. The molecule has 3 fully saturated rings. The number of hydrogen-bond donors (Lipinski definition) is 0. The van der Waals surface area contributed by atoms with Crippen molar-refractivity contribution in [2.75, 3.05) is 7.11 Å².